The summed E-state index contributed by atoms with van der Waals surface area (Å²) in [6.45, 7) is 0.829. The summed E-state index contributed by atoms with van der Waals surface area (Å²) in [7, 11) is 0. The average Bonchev–Trinajstić information content (AvgIpc) is 2.67. The van der Waals surface area contributed by atoms with Crippen LogP contribution in [0.2, 0.25) is 0 Å². The Morgan fingerprint density at radius 2 is 2.29 bits per heavy atom. The van der Waals surface area contributed by atoms with Gasteiger partial charge < -0.3 is 10.1 Å². The number of ether oxygens (including phenoxy) is 1. The first-order valence-corrected chi connectivity index (χ1v) is 5.90. The molecule has 0 spiro atoms. The molecule has 0 amide bonds. The van der Waals surface area contributed by atoms with Gasteiger partial charge >= 0.3 is 11.9 Å². The van der Waals surface area contributed by atoms with Crippen LogP contribution in [0.4, 0.5) is 0 Å². The fourth-order valence-electron chi connectivity index (χ4n) is 1.33. The second-order valence-electron chi connectivity index (χ2n) is 3.23. The van der Waals surface area contributed by atoms with Gasteiger partial charge in [0, 0.05) is 11.8 Å². The van der Waals surface area contributed by atoms with Crippen LogP contribution in [-0.2, 0) is 14.3 Å². The van der Waals surface area contributed by atoms with Gasteiger partial charge in [-0.2, -0.15) is 0 Å². The van der Waals surface area contributed by atoms with Crippen molar-refractivity contribution in [1.82, 2.24) is 5.32 Å². The molecule has 0 unspecified atom stereocenters. The third-order valence-electron chi connectivity index (χ3n) is 2.07. The van der Waals surface area contributed by atoms with E-state index in [1.807, 2.05) is 0 Å². The van der Waals surface area contributed by atoms with Crippen LogP contribution in [0.25, 0.3) is 0 Å². The zero-order valence-corrected chi connectivity index (χ0v) is 9.51. The maximum absolute atomic E-state index is 11.3. The van der Waals surface area contributed by atoms with Gasteiger partial charge in [0.05, 0.1) is 0 Å². The second kappa shape index (κ2) is 6.14. The van der Waals surface area contributed by atoms with Crippen LogP contribution in [0.15, 0.2) is 0 Å². The van der Waals surface area contributed by atoms with Crippen LogP contribution < -0.4 is 5.32 Å². The van der Waals surface area contributed by atoms with Crippen LogP contribution in [0.3, 0.4) is 0 Å². The molecule has 1 fully saturated rings. The number of alkyl halides is 1. The molecule has 14 heavy (non-hydrogen) atoms. The van der Waals surface area contributed by atoms with Crippen molar-refractivity contribution >= 4 is 27.9 Å². The molecule has 5 heteroatoms. The summed E-state index contributed by atoms with van der Waals surface area (Å²) in [5.41, 5.74) is 0. The van der Waals surface area contributed by atoms with Gasteiger partial charge in [0.15, 0.2) is 0 Å². The molecule has 1 atom stereocenters. The molecule has 0 aliphatic carbocycles. The zero-order valence-electron chi connectivity index (χ0n) is 7.92. The largest absolute Gasteiger partial charge is 0.392 e. The van der Waals surface area contributed by atoms with E-state index in [1.54, 1.807) is 0 Å². The van der Waals surface area contributed by atoms with Gasteiger partial charge in [-0.15, -0.1) is 0 Å². The van der Waals surface area contributed by atoms with Crippen molar-refractivity contribution in [3.8, 4) is 0 Å². The number of carbonyl (C=O) groups is 2. The lowest BCUT2D eigenvalue weighted by Gasteiger charge is -2.07. The van der Waals surface area contributed by atoms with Gasteiger partial charge in [0.25, 0.3) is 0 Å². The van der Waals surface area contributed by atoms with E-state index in [1.165, 1.54) is 0 Å². The van der Waals surface area contributed by atoms with Gasteiger partial charge in [0.1, 0.15) is 6.04 Å². The minimum absolute atomic E-state index is 0.275. The summed E-state index contributed by atoms with van der Waals surface area (Å²) >= 11 is 3.21. The predicted octanol–water partition coefficient (Wildman–Crippen LogP) is 0.983. The summed E-state index contributed by atoms with van der Waals surface area (Å²) in [5, 5.41) is 3.73. The molecule has 1 aliphatic rings. The number of halogens is 1. The molecule has 1 aliphatic heterocycles. The monoisotopic (exact) mass is 263 g/mol. The molecule has 4 nitrogen and oxygen atoms in total. The highest BCUT2D eigenvalue weighted by Crippen LogP contribution is 2.07. The highest BCUT2D eigenvalue weighted by Gasteiger charge is 2.25. The maximum atomic E-state index is 11.3. The Balaban J connectivity index is 2.21. The minimum atomic E-state index is -0.429. The Kier molecular flexibility index (Phi) is 5.11. The Morgan fingerprint density at radius 1 is 1.50 bits per heavy atom. The van der Waals surface area contributed by atoms with E-state index < -0.39 is 11.9 Å². The zero-order chi connectivity index (χ0) is 10.4. The Morgan fingerprint density at radius 3 is 2.86 bits per heavy atom. The van der Waals surface area contributed by atoms with Crippen LogP contribution in [0.5, 0.6) is 0 Å². The molecule has 0 bridgehead atoms. The van der Waals surface area contributed by atoms with Crippen molar-refractivity contribution in [3.63, 3.8) is 0 Å². The van der Waals surface area contributed by atoms with Gasteiger partial charge in [-0.25, -0.2) is 4.79 Å². The standard InChI is InChI=1S/C9H14BrNO3/c10-5-1-4-8(12)14-9(13)7-3-2-6-11-7/h7,11H,1-6H2/t7-/m0/s1. The van der Waals surface area contributed by atoms with Crippen LogP contribution in [0, 0.1) is 0 Å². The smallest absolute Gasteiger partial charge is 0.330 e. The van der Waals surface area contributed by atoms with Gasteiger partial charge in [-0.3, -0.25) is 4.79 Å². The molecule has 0 radical (unpaired) electrons. The molecule has 80 valence electrons. The summed E-state index contributed by atoms with van der Waals surface area (Å²) in [6, 6.07) is -0.275. The van der Waals surface area contributed by atoms with Crippen LogP contribution >= 0.6 is 15.9 Å². The Labute approximate surface area is 91.5 Å². The van der Waals surface area contributed by atoms with E-state index in [4.69, 9.17) is 0 Å². The highest BCUT2D eigenvalue weighted by atomic mass is 79.9. The predicted molar refractivity (Wildman–Crippen MR) is 55.2 cm³/mol. The summed E-state index contributed by atoms with van der Waals surface area (Å²) < 4.78 is 4.68. The van der Waals surface area contributed by atoms with Gasteiger partial charge in [-0.1, -0.05) is 15.9 Å². The minimum Gasteiger partial charge on any atom is -0.392 e. The lowest BCUT2D eigenvalue weighted by molar-refractivity contribution is -0.160. The third-order valence-corrected chi connectivity index (χ3v) is 2.63. The fourth-order valence-corrected chi connectivity index (χ4v) is 1.61. The Hall–Kier alpha value is -0.420. The summed E-state index contributed by atoms with van der Waals surface area (Å²) in [4.78, 5) is 22.4. The van der Waals surface area contributed by atoms with Crippen molar-refractivity contribution in [1.29, 1.82) is 0 Å². The lowest BCUT2D eigenvalue weighted by atomic mass is 10.2. The molecule has 0 saturated carbocycles. The van der Waals surface area contributed by atoms with E-state index in [2.05, 4.69) is 26.0 Å². The fraction of sp³-hybridized carbons (Fsp3) is 0.778. The molecular weight excluding hydrogens is 250 g/mol. The first-order chi connectivity index (χ1) is 6.74. The van der Waals surface area contributed by atoms with Crippen molar-refractivity contribution in [3.05, 3.63) is 0 Å². The molecule has 1 N–H and O–H groups in total. The molecule has 0 aromatic heterocycles. The quantitative estimate of drug-likeness (QED) is 0.467. The number of hydrogen-bond donors (Lipinski definition) is 1. The van der Waals surface area contributed by atoms with E-state index >= 15 is 0 Å². The molecule has 1 rings (SSSR count). The number of esters is 2. The third kappa shape index (κ3) is 3.75. The van der Waals surface area contributed by atoms with Gasteiger partial charge in [0.2, 0.25) is 0 Å². The van der Waals surface area contributed by atoms with Crippen molar-refractivity contribution in [2.24, 2.45) is 0 Å². The first kappa shape index (κ1) is 11.7. The number of carbonyl (C=O) groups excluding carboxylic acids is 2. The summed E-state index contributed by atoms with van der Waals surface area (Å²) in [6.07, 6.45) is 2.73. The average molecular weight is 264 g/mol. The maximum Gasteiger partial charge on any atom is 0.330 e. The normalized spacial score (nSPS) is 20.8. The second-order valence-corrected chi connectivity index (χ2v) is 4.03. The number of hydrogen-bond acceptors (Lipinski definition) is 4. The van der Waals surface area contributed by atoms with E-state index in [9.17, 15) is 9.59 Å². The topological polar surface area (TPSA) is 55.4 Å². The van der Waals surface area contributed by atoms with Crippen molar-refractivity contribution < 1.29 is 14.3 Å². The van der Waals surface area contributed by atoms with E-state index in [0.717, 1.165) is 24.7 Å². The lowest BCUT2D eigenvalue weighted by Crippen LogP contribution is -2.33. The van der Waals surface area contributed by atoms with Crippen molar-refractivity contribution in [2.45, 2.75) is 31.7 Å². The Bertz CT molecular complexity index is 214. The molecular formula is C9H14BrNO3. The molecule has 1 heterocycles. The SMILES string of the molecule is O=C(CCCBr)OC(=O)[C@@H]1CCCN1. The molecule has 1 saturated heterocycles. The van der Waals surface area contributed by atoms with Gasteiger partial charge in [-0.05, 0) is 25.8 Å². The molecule has 0 aromatic carbocycles. The number of nitrogens with one attached hydrogen (secondary N) is 1. The van der Waals surface area contributed by atoms with E-state index in [0.29, 0.717) is 12.8 Å². The first-order valence-electron chi connectivity index (χ1n) is 4.78. The highest BCUT2D eigenvalue weighted by molar-refractivity contribution is 9.09. The van der Waals surface area contributed by atoms with Crippen LogP contribution in [-0.4, -0.2) is 29.9 Å². The van der Waals surface area contributed by atoms with Crippen molar-refractivity contribution in [2.75, 3.05) is 11.9 Å². The molecule has 0 aromatic rings. The van der Waals surface area contributed by atoms with E-state index in [-0.39, 0.29) is 6.04 Å². The summed E-state index contributed by atoms with van der Waals surface area (Å²) in [5.74, 6) is -0.856. The number of rotatable bonds is 4. The van der Waals surface area contributed by atoms with Crippen LogP contribution in [0.1, 0.15) is 25.7 Å².